The molecule has 0 aliphatic rings. The van der Waals surface area contributed by atoms with Gasteiger partial charge in [-0.3, -0.25) is 14.7 Å². The zero-order chi connectivity index (χ0) is 16.8. The zero-order valence-corrected chi connectivity index (χ0v) is 14.6. The number of hydrogen-bond acceptors (Lipinski definition) is 3. The number of guanidine groups is 1. The molecule has 1 atom stereocenters. The summed E-state index contributed by atoms with van der Waals surface area (Å²) in [6, 6.07) is 6.14. The van der Waals surface area contributed by atoms with Crippen molar-refractivity contribution in [2.75, 3.05) is 7.05 Å². The lowest BCUT2D eigenvalue weighted by Crippen LogP contribution is -2.42. The van der Waals surface area contributed by atoms with Gasteiger partial charge in [-0.2, -0.15) is 5.10 Å². The summed E-state index contributed by atoms with van der Waals surface area (Å²) in [7, 11) is 3.76. The van der Waals surface area contributed by atoms with Crippen LogP contribution < -0.4 is 10.6 Å². The normalized spacial score (nSPS) is 13.0. The standard InChI is InChI=1S/C17H26N6/c1-12(10-16-13(2)22-23(5)14(16)3)21-17(18-4)20-11-15-8-6-7-9-19-15/h6-9,12H,10-11H2,1-5H3,(H2,18,20,21). The predicted octanol–water partition coefficient (Wildman–Crippen LogP) is 1.73. The van der Waals surface area contributed by atoms with Crippen molar-refractivity contribution in [2.24, 2.45) is 12.0 Å². The number of aromatic nitrogens is 3. The molecule has 0 amide bonds. The van der Waals surface area contributed by atoms with E-state index in [1.54, 1.807) is 13.2 Å². The highest BCUT2D eigenvalue weighted by Crippen LogP contribution is 2.14. The second kappa shape index (κ2) is 7.76. The molecule has 1 unspecified atom stereocenters. The van der Waals surface area contributed by atoms with Crippen LogP contribution in [-0.4, -0.2) is 33.8 Å². The van der Waals surface area contributed by atoms with Crippen LogP contribution in [0.3, 0.4) is 0 Å². The summed E-state index contributed by atoms with van der Waals surface area (Å²) >= 11 is 0. The van der Waals surface area contributed by atoms with E-state index in [-0.39, 0.29) is 6.04 Å². The Labute approximate surface area is 138 Å². The van der Waals surface area contributed by atoms with Crippen LogP contribution in [0, 0.1) is 13.8 Å². The Balaban J connectivity index is 1.91. The minimum absolute atomic E-state index is 0.256. The van der Waals surface area contributed by atoms with Crippen LogP contribution in [0.5, 0.6) is 0 Å². The molecule has 6 heteroatoms. The molecule has 2 rings (SSSR count). The first-order valence-electron chi connectivity index (χ1n) is 7.87. The van der Waals surface area contributed by atoms with Gasteiger partial charge in [-0.25, -0.2) is 0 Å². The van der Waals surface area contributed by atoms with E-state index in [1.165, 1.54) is 11.3 Å². The summed E-state index contributed by atoms with van der Waals surface area (Å²) in [5.41, 5.74) is 4.59. The highest BCUT2D eigenvalue weighted by Gasteiger charge is 2.13. The highest BCUT2D eigenvalue weighted by atomic mass is 15.3. The summed E-state index contributed by atoms with van der Waals surface area (Å²) in [6.07, 6.45) is 2.71. The van der Waals surface area contributed by atoms with Gasteiger partial charge in [0.2, 0.25) is 0 Å². The average Bonchev–Trinajstić information content (AvgIpc) is 2.78. The SMILES string of the molecule is CN=C(NCc1ccccn1)NC(C)Cc1c(C)nn(C)c1C. The Bertz CT molecular complexity index is 659. The second-order valence-electron chi connectivity index (χ2n) is 5.77. The fraction of sp³-hybridized carbons (Fsp3) is 0.471. The molecule has 0 aliphatic heterocycles. The Morgan fingerprint density at radius 2 is 2.13 bits per heavy atom. The molecule has 0 spiro atoms. The average molecular weight is 314 g/mol. The maximum absolute atomic E-state index is 4.47. The van der Waals surface area contributed by atoms with Crippen molar-refractivity contribution in [2.45, 2.75) is 39.8 Å². The van der Waals surface area contributed by atoms with Crippen molar-refractivity contribution < 1.29 is 0 Å². The van der Waals surface area contributed by atoms with E-state index in [9.17, 15) is 0 Å². The summed E-state index contributed by atoms with van der Waals surface area (Å²) in [6.45, 7) is 6.97. The molecular formula is C17H26N6. The van der Waals surface area contributed by atoms with Crippen LogP contribution in [0.1, 0.15) is 29.6 Å². The molecular weight excluding hydrogens is 288 g/mol. The number of pyridine rings is 1. The second-order valence-corrected chi connectivity index (χ2v) is 5.77. The number of aliphatic imine (C=N–C) groups is 1. The van der Waals surface area contributed by atoms with Gasteiger partial charge in [0.15, 0.2) is 5.96 Å². The predicted molar refractivity (Wildman–Crippen MR) is 93.4 cm³/mol. The third-order valence-electron chi connectivity index (χ3n) is 3.94. The topological polar surface area (TPSA) is 67.1 Å². The van der Waals surface area contributed by atoms with E-state index in [0.29, 0.717) is 6.54 Å². The van der Waals surface area contributed by atoms with Crippen molar-refractivity contribution in [3.63, 3.8) is 0 Å². The van der Waals surface area contributed by atoms with Gasteiger partial charge in [-0.15, -0.1) is 0 Å². The van der Waals surface area contributed by atoms with Gasteiger partial charge in [0.05, 0.1) is 17.9 Å². The summed E-state index contributed by atoms with van der Waals surface area (Å²) in [5.74, 6) is 0.780. The van der Waals surface area contributed by atoms with Gasteiger partial charge < -0.3 is 10.6 Å². The molecule has 2 N–H and O–H groups in total. The van der Waals surface area contributed by atoms with Gasteiger partial charge in [-0.1, -0.05) is 6.07 Å². The van der Waals surface area contributed by atoms with Crippen LogP contribution in [0.2, 0.25) is 0 Å². The van der Waals surface area contributed by atoms with Gasteiger partial charge >= 0.3 is 0 Å². The Kier molecular flexibility index (Phi) is 5.73. The Hall–Kier alpha value is -2.37. The molecule has 2 aromatic heterocycles. The molecule has 6 nitrogen and oxygen atoms in total. The minimum atomic E-state index is 0.256. The van der Waals surface area contributed by atoms with E-state index < -0.39 is 0 Å². The van der Waals surface area contributed by atoms with E-state index in [0.717, 1.165) is 23.8 Å². The molecule has 0 saturated carbocycles. The van der Waals surface area contributed by atoms with Crippen molar-refractivity contribution >= 4 is 5.96 Å². The van der Waals surface area contributed by atoms with E-state index >= 15 is 0 Å². The van der Waals surface area contributed by atoms with Crippen molar-refractivity contribution in [1.82, 2.24) is 25.4 Å². The van der Waals surface area contributed by atoms with Crippen LogP contribution >= 0.6 is 0 Å². The molecule has 2 heterocycles. The van der Waals surface area contributed by atoms with Crippen LogP contribution in [0.15, 0.2) is 29.4 Å². The highest BCUT2D eigenvalue weighted by molar-refractivity contribution is 5.79. The molecule has 0 bridgehead atoms. The van der Waals surface area contributed by atoms with Crippen molar-refractivity contribution in [1.29, 1.82) is 0 Å². The number of nitrogens with zero attached hydrogens (tertiary/aromatic N) is 4. The molecule has 0 aliphatic carbocycles. The lowest BCUT2D eigenvalue weighted by molar-refractivity contribution is 0.634. The molecule has 0 aromatic carbocycles. The fourth-order valence-electron chi connectivity index (χ4n) is 2.58. The minimum Gasteiger partial charge on any atom is -0.354 e. The van der Waals surface area contributed by atoms with E-state index in [4.69, 9.17) is 0 Å². The first-order valence-corrected chi connectivity index (χ1v) is 7.87. The molecule has 23 heavy (non-hydrogen) atoms. The number of hydrogen-bond donors (Lipinski definition) is 2. The summed E-state index contributed by atoms with van der Waals surface area (Å²) < 4.78 is 1.94. The van der Waals surface area contributed by atoms with Crippen molar-refractivity contribution in [3.05, 3.63) is 47.0 Å². The largest absolute Gasteiger partial charge is 0.354 e. The van der Waals surface area contributed by atoms with Crippen LogP contribution in [0.4, 0.5) is 0 Å². The van der Waals surface area contributed by atoms with Gasteiger partial charge in [0.1, 0.15) is 0 Å². The molecule has 0 fully saturated rings. The maximum Gasteiger partial charge on any atom is 0.191 e. The van der Waals surface area contributed by atoms with Gasteiger partial charge in [0.25, 0.3) is 0 Å². The Morgan fingerprint density at radius 1 is 1.35 bits per heavy atom. The number of nitrogens with one attached hydrogen (secondary N) is 2. The quantitative estimate of drug-likeness (QED) is 0.651. The maximum atomic E-state index is 4.47. The van der Waals surface area contributed by atoms with Gasteiger partial charge in [-0.05, 0) is 44.9 Å². The summed E-state index contributed by atoms with van der Waals surface area (Å²) in [5, 5.41) is 11.2. The third kappa shape index (κ3) is 4.55. The van der Waals surface area contributed by atoms with Crippen LogP contribution in [-0.2, 0) is 20.0 Å². The third-order valence-corrected chi connectivity index (χ3v) is 3.94. The first-order chi connectivity index (χ1) is 11.0. The molecule has 124 valence electrons. The zero-order valence-electron chi connectivity index (χ0n) is 14.6. The lowest BCUT2D eigenvalue weighted by Gasteiger charge is -2.18. The summed E-state index contributed by atoms with van der Waals surface area (Å²) in [4.78, 5) is 8.58. The molecule has 0 radical (unpaired) electrons. The first kappa shape index (κ1) is 17.0. The molecule has 2 aromatic rings. The monoisotopic (exact) mass is 314 g/mol. The fourth-order valence-corrected chi connectivity index (χ4v) is 2.58. The van der Waals surface area contributed by atoms with Crippen molar-refractivity contribution in [3.8, 4) is 0 Å². The lowest BCUT2D eigenvalue weighted by atomic mass is 10.1. The smallest absolute Gasteiger partial charge is 0.191 e. The number of aryl methyl sites for hydroxylation is 2. The Morgan fingerprint density at radius 3 is 2.70 bits per heavy atom. The van der Waals surface area contributed by atoms with Gasteiger partial charge in [0, 0.05) is 32.0 Å². The van der Waals surface area contributed by atoms with E-state index in [1.807, 2.05) is 29.9 Å². The number of rotatable bonds is 5. The van der Waals surface area contributed by atoms with Crippen LogP contribution in [0.25, 0.3) is 0 Å². The molecule has 0 saturated heterocycles. The van der Waals surface area contributed by atoms with E-state index in [2.05, 4.69) is 46.5 Å².